The van der Waals surface area contributed by atoms with E-state index >= 15 is 0 Å². The van der Waals surface area contributed by atoms with Crippen LogP contribution in [0.3, 0.4) is 0 Å². The Bertz CT molecular complexity index is 1590. The topological polar surface area (TPSA) is 34.0 Å². The predicted octanol–water partition coefficient (Wildman–Crippen LogP) is 8.22. The Kier molecular flexibility index (Phi) is 5.65. The van der Waals surface area contributed by atoms with Gasteiger partial charge >= 0.3 is 0 Å². The Labute approximate surface area is 210 Å². The summed E-state index contributed by atoms with van der Waals surface area (Å²) in [4.78, 5) is 13.1. The molecule has 3 nitrogen and oxygen atoms in total. The van der Waals surface area contributed by atoms with Crippen molar-refractivity contribution >= 4 is 22.4 Å². The number of aromatic nitrogens is 1. The van der Waals surface area contributed by atoms with E-state index in [2.05, 4.69) is 70.5 Å². The Morgan fingerprint density at radius 1 is 0.528 bits per heavy atom. The Balaban J connectivity index is 1.36. The minimum atomic E-state index is -0.128. The third-order valence-electron chi connectivity index (χ3n) is 6.45. The van der Waals surface area contributed by atoms with Crippen molar-refractivity contribution in [3.63, 3.8) is 0 Å². The van der Waals surface area contributed by atoms with Crippen LogP contribution in [-0.4, -0.2) is 10.5 Å². The lowest BCUT2D eigenvalue weighted by Gasteiger charge is -2.15. The van der Waals surface area contributed by atoms with Crippen LogP contribution < -0.4 is 5.32 Å². The number of amides is 1. The second-order valence-electron chi connectivity index (χ2n) is 8.70. The fraction of sp³-hybridized carbons (Fsp3) is 0. The van der Waals surface area contributed by atoms with Crippen molar-refractivity contribution in [3.8, 4) is 28.2 Å². The van der Waals surface area contributed by atoms with E-state index in [9.17, 15) is 4.79 Å². The lowest BCUT2D eigenvalue weighted by molar-refractivity contribution is 0.102. The lowest BCUT2D eigenvalue weighted by atomic mass is 10.1. The molecule has 6 aromatic rings. The predicted molar refractivity (Wildman–Crippen MR) is 149 cm³/mol. The van der Waals surface area contributed by atoms with Crippen molar-refractivity contribution < 1.29 is 4.79 Å². The van der Waals surface area contributed by atoms with E-state index in [0.29, 0.717) is 5.56 Å². The number of fused-ring (bicyclic) bond motifs is 1. The highest BCUT2D eigenvalue weighted by molar-refractivity contribution is 6.09. The van der Waals surface area contributed by atoms with Gasteiger partial charge in [0.05, 0.1) is 11.4 Å². The molecular weight excluding hydrogens is 440 g/mol. The largest absolute Gasteiger partial charge is 0.321 e. The van der Waals surface area contributed by atoms with Gasteiger partial charge in [0.25, 0.3) is 5.91 Å². The van der Waals surface area contributed by atoms with Gasteiger partial charge in [-0.3, -0.25) is 4.79 Å². The molecule has 0 saturated heterocycles. The van der Waals surface area contributed by atoms with Crippen LogP contribution in [0.4, 0.5) is 5.69 Å². The van der Waals surface area contributed by atoms with Gasteiger partial charge in [-0.25, -0.2) is 0 Å². The van der Waals surface area contributed by atoms with E-state index in [1.54, 1.807) is 0 Å². The third kappa shape index (κ3) is 4.08. The quantitative estimate of drug-likeness (QED) is 0.274. The van der Waals surface area contributed by atoms with Gasteiger partial charge < -0.3 is 9.88 Å². The van der Waals surface area contributed by atoms with E-state index in [-0.39, 0.29) is 5.91 Å². The molecule has 3 heteroatoms. The van der Waals surface area contributed by atoms with Gasteiger partial charge in [0.1, 0.15) is 0 Å². The standard InChI is InChI=1S/C33H24N2O/c36-33(34-30-17-9-15-24-10-7-8-16-29(24)30)27-18-20-28(21-19-27)35-31(25-11-3-1-4-12-25)22-23-32(35)26-13-5-2-6-14-26/h1-23H,(H,34,36). The van der Waals surface area contributed by atoms with Crippen LogP contribution in [0.1, 0.15) is 10.4 Å². The summed E-state index contributed by atoms with van der Waals surface area (Å²) in [5, 5.41) is 5.21. The fourth-order valence-electron chi connectivity index (χ4n) is 4.67. The number of benzene rings is 5. The molecular formula is C33H24N2O. The van der Waals surface area contributed by atoms with Gasteiger partial charge in [0.15, 0.2) is 0 Å². The number of carbonyl (C=O) groups is 1. The molecule has 0 radical (unpaired) electrons. The molecule has 0 spiro atoms. The minimum Gasteiger partial charge on any atom is -0.321 e. The maximum Gasteiger partial charge on any atom is 0.255 e. The third-order valence-corrected chi connectivity index (χ3v) is 6.45. The molecule has 1 heterocycles. The number of nitrogens with zero attached hydrogens (tertiary/aromatic N) is 1. The van der Waals surface area contributed by atoms with Gasteiger partial charge in [-0.05, 0) is 59.0 Å². The van der Waals surface area contributed by atoms with E-state index in [4.69, 9.17) is 0 Å². The number of carbonyl (C=O) groups excluding carboxylic acids is 1. The van der Waals surface area contributed by atoms with Crippen LogP contribution in [0.25, 0.3) is 39.0 Å². The summed E-state index contributed by atoms with van der Waals surface area (Å²) in [6.45, 7) is 0. The monoisotopic (exact) mass is 464 g/mol. The maximum atomic E-state index is 13.1. The zero-order valence-corrected chi connectivity index (χ0v) is 19.6. The highest BCUT2D eigenvalue weighted by atomic mass is 16.1. The van der Waals surface area contributed by atoms with Crippen molar-refractivity contribution in [2.75, 3.05) is 5.32 Å². The normalized spacial score (nSPS) is 10.9. The molecule has 0 aliphatic heterocycles. The minimum absolute atomic E-state index is 0.128. The van der Waals surface area contributed by atoms with Crippen LogP contribution in [0.2, 0.25) is 0 Å². The molecule has 0 unspecified atom stereocenters. The van der Waals surface area contributed by atoms with E-state index in [0.717, 1.165) is 44.7 Å². The summed E-state index contributed by atoms with van der Waals surface area (Å²) in [5.74, 6) is -0.128. The van der Waals surface area contributed by atoms with Gasteiger partial charge in [0.2, 0.25) is 0 Å². The summed E-state index contributed by atoms with van der Waals surface area (Å²) in [6, 6.07) is 46.8. The SMILES string of the molecule is O=C(Nc1cccc2ccccc12)c1ccc(-n2c(-c3ccccc3)ccc2-c2ccccc2)cc1. The van der Waals surface area contributed by atoms with Crippen molar-refractivity contribution in [1.29, 1.82) is 0 Å². The second-order valence-corrected chi connectivity index (χ2v) is 8.70. The van der Waals surface area contributed by atoms with Crippen LogP contribution in [0.15, 0.2) is 140 Å². The highest BCUT2D eigenvalue weighted by Gasteiger charge is 2.15. The molecule has 0 saturated carbocycles. The first-order valence-electron chi connectivity index (χ1n) is 12.0. The molecule has 0 atom stereocenters. The first-order chi connectivity index (χ1) is 17.8. The molecule has 5 aromatic carbocycles. The molecule has 0 aliphatic carbocycles. The molecule has 0 aliphatic rings. The molecule has 172 valence electrons. The molecule has 1 N–H and O–H groups in total. The maximum absolute atomic E-state index is 13.1. The fourth-order valence-corrected chi connectivity index (χ4v) is 4.67. The van der Waals surface area contributed by atoms with Crippen molar-refractivity contribution in [2.24, 2.45) is 0 Å². The van der Waals surface area contributed by atoms with E-state index in [1.807, 2.05) is 78.9 Å². The first-order valence-corrected chi connectivity index (χ1v) is 12.0. The molecule has 36 heavy (non-hydrogen) atoms. The number of rotatable bonds is 5. The number of hydrogen-bond donors (Lipinski definition) is 1. The number of anilines is 1. The van der Waals surface area contributed by atoms with Gasteiger partial charge in [-0.15, -0.1) is 0 Å². The summed E-state index contributed by atoms with van der Waals surface area (Å²) in [5.41, 5.74) is 6.89. The Morgan fingerprint density at radius 3 is 1.72 bits per heavy atom. The van der Waals surface area contributed by atoms with Crippen LogP contribution in [0.5, 0.6) is 0 Å². The van der Waals surface area contributed by atoms with Crippen LogP contribution >= 0.6 is 0 Å². The van der Waals surface area contributed by atoms with Gasteiger partial charge in [-0.1, -0.05) is 97.1 Å². The van der Waals surface area contributed by atoms with Crippen LogP contribution in [-0.2, 0) is 0 Å². The average Bonchev–Trinajstić information content (AvgIpc) is 3.40. The van der Waals surface area contributed by atoms with E-state index in [1.165, 1.54) is 0 Å². The van der Waals surface area contributed by atoms with Crippen molar-refractivity contribution in [3.05, 3.63) is 145 Å². The zero-order chi connectivity index (χ0) is 24.3. The average molecular weight is 465 g/mol. The highest BCUT2D eigenvalue weighted by Crippen LogP contribution is 2.32. The van der Waals surface area contributed by atoms with Crippen LogP contribution in [0, 0.1) is 0 Å². The Hall–Kier alpha value is -4.89. The number of hydrogen-bond acceptors (Lipinski definition) is 1. The zero-order valence-electron chi connectivity index (χ0n) is 19.6. The second kappa shape index (κ2) is 9.40. The smallest absolute Gasteiger partial charge is 0.255 e. The molecule has 6 rings (SSSR count). The van der Waals surface area contributed by atoms with Gasteiger partial charge in [0, 0.05) is 22.3 Å². The summed E-state index contributed by atoms with van der Waals surface area (Å²) in [6.07, 6.45) is 0. The van der Waals surface area contributed by atoms with Crippen molar-refractivity contribution in [2.45, 2.75) is 0 Å². The summed E-state index contributed by atoms with van der Waals surface area (Å²) < 4.78 is 2.25. The molecule has 0 bridgehead atoms. The molecule has 0 fully saturated rings. The Morgan fingerprint density at radius 2 is 1.08 bits per heavy atom. The van der Waals surface area contributed by atoms with Crippen molar-refractivity contribution in [1.82, 2.24) is 4.57 Å². The number of nitrogens with one attached hydrogen (secondary N) is 1. The molecule has 1 amide bonds. The summed E-state index contributed by atoms with van der Waals surface area (Å²) in [7, 11) is 0. The van der Waals surface area contributed by atoms with Gasteiger partial charge in [-0.2, -0.15) is 0 Å². The molecule has 1 aromatic heterocycles. The lowest BCUT2D eigenvalue weighted by Crippen LogP contribution is -2.12. The summed E-state index contributed by atoms with van der Waals surface area (Å²) >= 11 is 0. The first kappa shape index (κ1) is 21.6. The van der Waals surface area contributed by atoms with E-state index < -0.39 is 0 Å².